The topological polar surface area (TPSA) is 91.4 Å². The lowest BCUT2D eigenvalue weighted by molar-refractivity contribution is 0.0955. The average Bonchev–Trinajstić information content (AvgIpc) is 3.16. The zero-order chi connectivity index (χ0) is 21.9. The third-order valence-electron chi connectivity index (χ3n) is 4.77. The molecule has 0 bridgehead atoms. The van der Waals surface area contributed by atoms with Gasteiger partial charge in [-0.3, -0.25) is 4.90 Å². The Morgan fingerprint density at radius 3 is 2.30 bits per heavy atom. The monoisotopic (exact) mass is 404 g/mol. The molecule has 7 heteroatoms. The summed E-state index contributed by atoms with van der Waals surface area (Å²) in [5.74, 6) is 0.735. The smallest absolute Gasteiger partial charge is 0.408 e. The first-order valence-corrected chi connectivity index (χ1v) is 9.47. The molecule has 1 N–H and O–H groups in total. The Balaban J connectivity index is 1.94. The summed E-state index contributed by atoms with van der Waals surface area (Å²) in [7, 11) is 1.61. The molecule has 0 radical (unpaired) electrons. The van der Waals surface area contributed by atoms with Crippen LogP contribution in [0.5, 0.6) is 5.75 Å². The molecule has 0 spiro atoms. The van der Waals surface area contributed by atoms with Gasteiger partial charge in [0.25, 0.3) is 0 Å². The lowest BCUT2D eigenvalue weighted by Gasteiger charge is -2.33. The van der Waals surface area contributed by atoms with Gasteiger partial charge in [0, 0.05) is 23.7 Å². The van der Waals surface area contributed by atoms with E-state index in [1.807, 2.05) is 69.3 Å². The maximum atomic E-state index is 11.6. The molecule has 30 heavy (non-hydrogen) atoms. The van der Waals surface area contributed by atoms with E-state index in [4.69, 9.17) is 4.74 Å². The molecule has 0 aliphatic rings. The molecule has 0 atom stereocenters. The van der Waals surface area contributed by atoms with Crippen molar-refractivity contribution in [1.82, 2.24) is 14.7 Å². The van der Waals surface area contributed by atoms with E-state index in [-0.39, 0.29) is 0 Å². The van der Waals surface area contributed by atoms with Gasteiger partial charge in [-0.15, -0.1) is 0 Å². The number of nitriles is 1. The summed E-state index contributed by atoms with van der Waals surface area (Å²) < 4.78 is 6.92. The molecule has 1 amide bonds. The number of methoxy groups -OCH3 is 1. The van der Waals surface area contributed by atoms with Crippen LogP contribution in [0.25, 0.3) is 16.9 Å². The highest BCUT2D eigenvalue weighted by molar-refractivity contribution is 5.67. The first-order valence-electron chi connectivity index (χ1n) is 9.47. The number of benzene rings is 2. The van der Waals surface area contributed by atoms with Crippen LogP contribution in [0.4, 0.5) is 4.79 Å². The quantitative estimate of drug-likeness (QED) is 0.666. The van der Waals surface area contributed by atoms with Crippen LogP contribution in [0.15, 0.2) is 54.6 Å². The minimum absolute atomic E-state index is 0.292. The molecule has 7 nitrogen and oxygen atoms in total. The highest BCUT2D eigenvalue weighted by Gasteiger charge is 2.26. The molecule has 1 aromatic heterocycles. The average molecular weight is 404 g/mol. The van der Waals surface area contributed by atoms with Crippen LogP contribution in [0.3, 0.4) is 0 Å². The van der Waals surface area contributed by atoms with Gasteiger partial charge in [-0.25, -0.2) is 9.48 Å². The fourth-order valence-corrected chi connectivity index (χ4v) is 3.12. The van der Waals surface area contributed by atoms with Crippen molar-refractivity contribution in [3.8, 4) is 28.8 Å². The van der Waals surface area contributed by atoms with Crippen LogP contribution >= 0.6 is 0 Å². The van der Waals surface area contributed by atoms with Crippen molar-refractivity contribution < 1.29 is 14.6 Å². The summed E-state index contributed by atoms with van der Waals surface area (Å²) in [5.41, 5.74) is 3.15. The molecule has 0 aliphatic carbocycles. The van der Waals surface area contributed by atoms with Crippen molar-refractivity contribution in [2.45, 2.75) is 32.9 Å². The molecule has 0 fully saturated rings. The Morgan fingerprint density at radius 2 is 1.80 bits per heavy atom. The Hall–Kier alpha value is -3.79. The number of amides is 1. The van der Waals surface area contributed by atoms with E-state index < -0.39 is 11.6 Å². The number of hydrogen-bond donors (Lipinski definition) is 1. The van der Waals surface area contributed by atoms with E-state index >= 15 is 0 Å². The molecule has 0 unspecified atom stereocenters. The maximum absolute atomic E-state index is 11.6. The molecule has 154 valence electrons. The predicted molar refractivity (Wildman–Crippen MR) is 114 cm³/mol. The Labute approximate surface area is 175 Å². The number of carbonyl (C=O) groups is 1. The van der Waals surface area contributed by atoms with E-state index in [9.17, 15) is 15.2 Å². The summed E-state index contributed by atoms with van der Waals surface area (Å²) >= 11 is 0. The normalized spacial score (nSPS) is 11.0. The highest BCUT2D eigenvalue weighted by Crippen LogP contribution is 2.26. The first kappa shape index (κ1) is 20.9. The standard InChI is InChI=1S/C23H24N4O3/c1-23(2,3)26(22(28)29)15-16-5-7-17(8-6-16)21-13-18(14-24)25-27(21)19-9-11-20(30-4)12-10-19/h5-13H,15H2,1-4H3,(H,28,29). The summed E-state index contributed by atoms with van der Waals surface area (Å²) in [6.45, 7) is 5.89. The van der Waals surface area contributed by atoms with Gasteiger partial charge >= 0.3 is 6.09 Å². The van der Waals surface area contributed by atoms with Gasteiger partial charge < -0.3 is 9.84 Å². The maximum Gasteiger partial charge on any atom is 0.408 e. The molecule has 3 aromatic rings. The van der Waals surface area contributed by atoms with Gasteiger partial charge in [-0.1, -0.05) is 24.3 Å². The number of hydrogen-bond acceptors (Lipinski definition) is 4. The molecule has 3 rings (SSSR count). The predicted octanol–water partition coefficient (Wildman–Crippen LogP) is 4.70. The molecule has 0 saturated heterocycles. The molecule has 2 aromatic carbocycles. The molecule has 0 saturated carbocycles. The van der Waals surface area contributed by atoms with Gasteiger partial charge in [-0.05, 0) is 50.6 Å². The number of nitrogens with zero attached hydrogens (tertiary/aromatic N) is 4. The number of rotatable bonds is 5. The van der Waals surface area contributed by atoms with Crippen LogP contribution < -0.4 is 4.74 Å². The summed E-state index contributed by atoms with van der Waals surface area (Å²) in [4.78, 5) is 13.0. The molecule has 0 aliphatic heterocycles. The number of carboxylic acid groups (broad SMARTS) is 1. The number of aromatic nitrogens is 2. The zero-order valence-electron chi connectivity index (χ0n) is 17.5. The van der Waals surface area contributed by atoms with Crippen molar-refractivity contribution >= 4 is 6.09 Å². The Bertz CT molecular complexity index is 1070. The van der Waals surface area contributed by atoms with Crippen LogP contribution in [0.2, 0.25) is 0 Å². The Kier molecular flexibility index (Phi) is 5.79. The van der Waals surface area contributed by atoms with Gasteiger partial charge in [0.15, 0.2) is 5.69 Å². The largest absolute Gasteiger partial charge is 0.497 e. The summed E-state index contributed by atoms with van der Waals surface area (Å²) in [5, 5.41) is 23.2. The van der Waals surface area contributed by atoms with Gasteiger partial charge in [0.2, 0.25) is 0 Å². The van der Waals surface area contributed by atoms with E-state index in [0.717, 1.165) is 28.3 Å². The van der Waals surface area contributed by atoms with Crippen molar-refractivity contribution in [1.29, 1.82) is 5.26 Å². The van der Waals surface area contributed by atoms with Crippen molar-refractivity contribution in [2.24, 2.45) is 0 Å². The minimum atomic E-state index is -0.956. The third kappa shape index (κ3) is 4.44. The van der Waals surface area contributed by atoms with E-state index in [0.29, 0.717) is 12.2 Å². The van der Waals surface area contributed by atoms with Crippen molar-refractivity contribution in [2.75, 3.05) is 7.11 Å². The van der Waals surface area contributed by atoms with Gasteiger partial charge in [0.05, 0.1) is 18.5 Å². The number of ether oxygens (including phenoxy) is 1. The second-order valence-electron chi connectivity index (χ2n) is 7.87. The zero-order valence-corrected chi connectivity index (χ0v) is 17.5. The van der Waals surface area contributed by atoms with E-state index in [1.54, 1.807) is 17.9 Å². The first-order chi connectivity index (χ1) is 14.2. The third-order valence-corrected chi connectivity index (χ3v) is 4.77. The summed E-state index contributed by atoms with van der Waals surface area (Å²) in [6, 6.07) is 18.9. The van der Waals surface area contributed by atoms with E-state index in [1.165, 1.54) is 4.90 Å². The Morgan fingerprint density at radius 1 is 1.17 bits per heavy atom. The molecular formula is C23H24N4O3. The van der Waals surface area contributed by atoms with Gasteiger partial charge in [0.1, 0.15) is 11.8 Å². The lowest BCUT2D eigenvalue weighted by atomic mass is 10.0. The van der Waals surface area contributed by atoms with Crippen molar-refractivity contribution in [3.63, 3.8) is 0 Å². The fourth-order valence-electron chi connectivity index (χ4n) is 3.12. The highest BCUT2D eigenvalue weighted by atomic mass is 16.5. The fraction of sp³-hybridized carbons (Fsp3) is 0.261. The lowest BCUT2D eigenvalue weighted by Crippen LogP contribution is -2.44. The second kappa shape index (κ2) is 8.29. The van der Waals surface area contributed by atoms with Crippen molar-refractivity contribution in [3.05, 3.63) is 65.9 Å². The second-order valence-corrected chi connectivity index (χ2v) is 7.87. The molecule has 1 heterocycles. The van der Waals surface area contributed by atoms with Crippen LogP contribution in [0.1, 0.15) is 32.0 Å². The minimum Gasteiger partial charge on any atom is -0.497 e. The summed E-state index contributed by atoms with van der Waals surface area (Å²) in [6.07, 6.45) is -0.956. The van der Waals surface area contributed by atoms with Crippen LogP contribution in [-0.2, 0) is 6.54 Å². The van der Waals surface area contributed by atoms with Crippen LogP contribution in [0, 0.1) is 11.3 Å². The van der Waals surface area contributed by atoms with Gasteiger partial charge in [-0.2, -0.15) is 10.4 Å². The van der Waals surface area contributed by atoms with E-state index in [2.05, 4.69) is 11.2 Å². The van der Waals surface area contributed by atoms with Crippen LogP contribution in [-0.4, -0.2) is 38.5 Å². The molecular weight excluding hydrogens is 380 g/mol. The SMILES string of the molecule is COc1ccc(-n2nc(C#N)cc2-c2ccc(CN(C(=O)O)C(C)(C)C)cc2)cc1.